The quantitative estimate of drug-likeness (QED) is 0.769. The molecule has 0 spiro atoms. The Morgan fingerprint density at radius 3 is 2.68 bits per heavy atom. The normalized spacial score (nSPS) is 15.2. The SMILES string of the molecule is CC(=O)N1CCN(c2cc(CNCCCO)ccc2F)CC1. The molecule has 1 amide bonds. The minimum absolute atomic E-state index is 0.0713. The Kier molecular flexibility index (Phi) is 6.15. The number of carbonyl (C=O) groups is 1. The summed E-state index contributed by atoms with van der Waals surface area (Å²) in [6.45, 7) is 5.69. The number of hydrogen-bond acceptors (Lipinski definition) is 4. The number of benzene rings is 1. The predicted molar refractivity (Wildman–Crippen MR) is 84.3 cm³/mol. The molecule has 0 saturated carbocycles. The Balaban J connectivity index is 1.97. The fourth-order valence-corrected chi connectivity index (χ4v) is 2.61. The summed E-state index contributed by atoms with van der Waals surface area (Å²) in [5, 5.41) is 12.0. The van der Waals surface area contributed by atoms with Gasteiger partial charge >= 0.3 is 0 Å². The van der Waals surface area contributed by atoms with Crippen molar-refractivity contribution in [3.8, 4) is 0 Å². The van der Waals surface area contributed by atoms with Crippen molar-refractivity contribution in [3.63, 3.8) is 0 Å². The fraction of sp³-hybridized carbons (Fsp3) is 0.562. The van der Waals surface area contributed by atoms with Gasteiger partial charge in [-0.2, -0.15) is 0 Å². The smallest absolute Gasteiger partial charge is 0.219 e. The molecule has 0 radical (unpaired) electrons. The highest BCUT2D eigenvalue weighted by Crippen LogP contribution is 2.22. The number of rotatable bonds is 6. The van der Waals surface area contributed by atoms with Crippen LogP contribution in [0.15, 0.2) is 18.2 Å². The third-order valence-electron chi connectivity index (χ3n) is 3.92. The Labute approximate surface area is 130 Å². The topological polar surface area (TPSA) is 55.8 Å². The van der Waals surface area contributed by atoms with Gasteiger partial charge in [0.2, 0.25) is 5.91 Å². The number of aliphatic hydroxyl groups is 1. The van der Waals surface area contributed by atoms with Crippen molar-refractivity contribution in [1.29, 1.82) is 0 Å². The summed E-state index contributed by atoms with van der Waals surface area (Å²) in [5.41, 5.74) is 1.62. The first-order valence-corrected chi connectivity index (χ1v) is 7.72. The molecule has 1 aromatic rings. The number of carbonyl (C=O) groups excluding carboxylic acids is 1. The second kappa shape index (κ2) is 8.10. The summed E-state index contributed by atoms with van der Waals surface area (Å²) in [7, 11) is 0. The van der Waals surface area contributed by atoms with Crippen LogP contribution in [0.2, 0.25) is 0 Å². The van der Waals surface area contributed by atoms with Gasteiger partial charge in [0.25, 0.3) is 0 Å². The molecule has 0 atom stereocenters. The number of aliphatic hydroxyl groups excluding tert-OH is 1. The van der Waals surface area contributed by atoms with Gasteiger partial charge < -0.3 is 20.2 Å². The largest absolute Gasteiger partial charge is 0.396 e. The molecule has 22 heavy (non-hydrogen) atoms. The number of hydrogen-bond donors (Lipinski definition) is 2. The van der Waals surface area contributed by atoms with E-state index < -0.39 is 0 Å². The van der Waals surface area contributed by atoms with E-state index in [0.717, 1.165) is 12.1 Å². The van der Waals surface area contributed by atoms with Gasteiger partial charge in [-0.05, 0) is 30.7 Å². The Morgan fingerprint density at radius 1 is 1.32 bits per heavy atom. The van der Waals surface area contributed by atoms with E-state index >= 15 is 0 Å². The highest BCUT2D eigenvalue weighted by molar-refractivity contribution is 5.73. The average Bonchev–Trinajstić information content (AvgIpc) is 2.53. The van der Waals surface area contributed by atoms with E-state index in [1.54, 1.807) is 17.9 Å². The number of nitrogens with one attached hydrogen (secondary N) is 1. The summed E-state index contributed by atoms with van der Waals surface area (Å²) in [6, 6.07) is 5.14. The van der Waals surface area contributed by atoms with Gasteiger partial charge in [0.05, 0.1) is 5.69 Å². The first-order valence-electron chi connectivity index (χ1n) is 7.72. The second-order valence-electron chi connectivity index (χ2n) is 5.53. The lowest BCUT2D eigenvalue weighted by Crippen LogP contribution is -2.48. The van der Waals surface area contributed by atoms with Gasteiger partial charge in [-0.15, -0.1) is 0 Å². The molecule has 5 nitrogen and oxygen atoms in total. The van der Waals surface area contributed by atoms with Crippen molar-refractivity contribution in [2.45, 2.75) is 19.9 Å². The number of anilines is 1. The molecule has 2 N–H and O–H groups in total. The molecule has 1 aromatic carbocycles. The highest BCUT2D eigenvalue weighted by Gasteiger charge is 2.20. The van der Waals surface area contributed by atoms with Gasteiger partial charge in [-0.1, -0.05) is 6.07 Å². The van der Waals surface area contributed by atoms with Gasteiger partial charge in [0.15, 0.2) is 0 Å². The predicted octanol–water partition coefficient (Wildman–Crippen LogP) is 0.966. The zero-order chi connectivity index (χ0) is 15.9. The summed E-state index contributed by atoms with van der Waals surface area (Å²) in [6.07, 6.45) is 0.709. The molecule has 0 unspecified atom stereocenters. The van der Waals surface area contributed by atoms with Crippen LogP contribution in [0.3, 0.4) is 0 Å². The number of halogens is 1. The summed E-state index contributed by atoms with van der Waals surface area (Å²) in [5.74, 6) is -0.155. The van der Waals surface area contributed by atoms with Crippen LogP contribution in [0.5, 0.6) is 0 Å². The lowest BCUT2D eigenvalue weighted by molar-refractivity contribution is -0.129. The Morgan fingerprint density at radius 2 is 2.05 bits per heavy atom. The molecule has 122 valence electrons. The van der Waals surface area contributed by atoms with Crippen LogP contribution in [0.1, 0.15) is 18.9 Å². The fourth-order valence-electron chi connectivity index (χ4n) is 2.61. The van der Waals surface area contributed by atoms with Crippen LogP contribution in [-0.2, 0) is 11.3 Å². The van der Waals surface area contributed by atoms with Crippen LogP contribution >= 0.6 is 0 Å². The number of nitrogens with zero attached hydrogens (tertiary/aromatic N) is 2. The monoisotopic (exact) mass is 309 g/mol. The maximum absolute atomic E-state index is 14.1. The van der Waals surface area contributed by atoms with E-state index in [2.05, 4.69) is 5.32 Å². The molecule has 1 aliphatic heterocycles. The lowest BCUT2D eigenvalue weighted by Gasteiger charge is -2.36. The standard InChI is InChI=1S/C16H24FN3O2/c1-13(22)19-6-8-20(9-7-19)16-11-14(3-4-15(16)17)12-18-5-2-10-21/h3-4,11,18,21H,2,5-10,12H2,1H3. The van der Waals surface area contributed by atoms with Crippen molar-refractivity contribution in [1.82, 2.24) is 10.2 Å². The first kappa shape index (κ1) is 16.7. The third-order valence-corrected chi connectivity index (χ3v) is 3.92. The van der Waals surface area contributed by atoms with Crippen molar-refractivity contribution >= 4 is 11.6 Å². The van der Waals surface area contributed by atoms with E-state index in [9.17, 15) is 9.18 Å². The summed E-state index contributed by atoms with van der Waals surface area (Å²) in [4.78, 5) is 15.1. The molecule has 1 fully saturated rings. The minimum Gasteiger partial charge on any atom is -0.396 e. The van der Waals surface area contributed by atoms with E-state index in [0.29, 0.717) is 44.8 Å². The van der Waals surface area contributed by atoms with E-state index in [4.69, 9.17) is 5.11 Å². The van der Waals surface area contributed by atoms with Gasteiger partial charge in [-0.3, -0.25) is 4.79 Å². The van der Waals surface area contributed by atoms with Crippen LogP contribution in [0.4, 0.5) is 10.1 Å². The lowest BCUT2D eigenvalue weighted by atomic mass is 10.1. The van der Waals surface area contributed by atoms with E-state index in [-0.39, 0.29) is 18.3 Å². The second-order valence-corrected chi connectivity index (χ2v) is 5.53. The first-order chi connectivity index (χ1) is 10.6. The highest BCUT2D eigenvalue weighted by atomic mass is 19.1. The van der Waals surface area contributed by atoms with E-state index in [1.807, 2.05) is 11.0 Å². The Bertz CT molecular complexity index is 502. The Hall–Kier alpha value is -1.66. The molecule has 1 aliphatic rings. The summed E-state index contributed by atoms with van der Waals surface area (Å²) < 4.78 is 14.1. The van der Waals surface area contributed by atoms with Crippen LogP contribution in [-0.4, -0.2) is 55.2 Å². The zero-order valence-electron chi connectivity index (χ0n) is 13.0. The molecule has 6 heteroatoms. The minimum atomic E-state index is -0.226. The zero-order valence-corrected chi connectivity index (χ0v) is 13.0. The van der Waals surface area contributed by atoms with Gasteiger partial charge in [0, 0.05) is 46.3 Å². The molecular formula is C16H24FN3O2. The molecule has 1 heterocycles. The van der Waals surface area contributed by atoms with Crippen LogP contribution in [0, 0.1) is 5.82 Å². The maximum Gasteiger partial charge on any atom is 0.219 e. The molecule has 0 aromatic heterocycles. The van der Waals surface area contributed by atoms with Crippen molar-refractivity contribution in [2.75, 3.05) is 44.2 Å². The van der Waals surface area contributed by atoms with Crippen molar-refractivity contribution in [3.05, 3.63) is 29.6 Å². The van der Waals surface area contributed by atoms with Gasteiger partial charge in [-0.25, -0.2) is 4.39 Å². The molecule has 1 saturated heterocycles. The number of amides is 1. The summed E-state index contributed by atoms with van der Waals surface area (Å²) >= 11 is 0. The van der Waals surface area contributed by atoms with Crippen LogP contribution < -0.4 is 10.2 Å². The maximum atomic E-state index is 14.1. The molecular weight excluding hydrogens is 285 g/mol. The van der Waals surface area contributed by atoms with Crippen molar-refractivity contribution in [2.24, 2.45) is 0 Å². The van der Waals surface area contributed by atoms with Crippen molar-refractivity contribution < 1.29 is 14.3 Å². The molecule has 0 aliphatic carbocycles. The van der Waals surface area contributed by atoms with E-state index in [1.165, 1.54) is 6.07 Å². The van der Waals surface area contributed by atoms with Crippen LogP contribution in [0.25, 0.3) is 0 Å². The average molecular weight is 309 g/mol. The molecule has 0 bridgehead atoms. The number of piperazine rings is 1. The third kappa shape index (κ3) is 4.42. The molecule has 2 rings (SSSR count). The van der Waals surface area contributed by atoms with Gasteiger partial charge in [0.1, 0.15) is 5.82 Å².